The zero-order chi connectivity index (χ0) is 17.1. The van der Waals surface area contributed by atoms with E-state index in [2.05, 4.69) is 29.4 Å². The van der Waals surface area contributed by atoms with Crippen LogP contribution in [0, 0.1) is 12.8 Å². The monoisotopic (exact) mass is 347 g/mol. The van der Waals surface area contributed by atoms with Gasteiger partial charge in [-0.2, -0.15) is 0 Å². The first kappa shape index (κ1) is 17.2. The summed E-state index contributed by atoms with van der Waals surface area (Å²) < 4.78 is 5.23. The predicted octanol–water partition coefficient (Wildman–Crippen LogP) is 3.42. The fourth-order valence-electron chi connectivity index (χ4n) is 3.00. The molecule has 1 N–H and O–H groups in total. The van der Waals surface area contributed by atoms with Crippen LogP contribution in [-0.2, 0) is 6.54 Å². The Morgan fingerprint density at radius 2 is 2.38 bits per heavy atom. The van der Waals surface area contributed by atoms with Gasteiger partial charge in [0.05, 0.1) is 18.5 Å². The zero-order valence-electron chi connectivity index (χ0n) is 14.5. The Morgan fingerprint density at radius 3 is 3.04 bits per heavy atom. The van der Waals surface area contributed by atoms with E-state index in [0.29, 0.717) is 24.1 Å². The van der Waals surface area contributed by atoms with Crippen LogP contribution in [0.2, 0.25) is 0 Å². The SMILES string of the molecule is Cc1ccoc1C(=O)NC[C@H]1CCN(Cc2nc(C(C)C)cs2)C1. The molecule has 1 amide bonds. The summed E-state index contributed by atoms with van der Waals surface area (Å²) in [5.41, 5.74) is 2.07. The number of aryl methyl sites for hydroxylation is 1. The second kappa shape index (κ2) is 7.49. The fourth-order valence-corrected chi connectivity index (χ4v) is 4.00. The van der Waals surface area contributed by atoms with E-state index in [1.54, 1.807) is 17.6 Å². The lowest BCUT2D eigenvalue weighted by Gasteiger charge is -2.14. The van der Waals surface area contributed by atoms with Crippen LogP contribution in [0.25, 0.3) is 0 Å². The van der Waals surface area contributed by atoms with E-state index in [-0.39, 0.29) is 5.91 Å². The van der Waals surface area contributed by atoms with Crippen LogP contribution >= 0.6 is 11.3 Å². The molecule has 0 aliphatic carbocycles. The van der Waals surface area contributed by atoms with Crippen LogP contribution in [0.3, 0.4) is 0 Å². The summed E-state index contributed by atoms with van der Waals surface area (Å²) in [4.78, 5) is 19.2. The number of nitrogens with one attached hydrogen (secondary N) is 1. The van der Waals surface area contributed by atoms with Crippen molar-refractivity contribution in [1.82, 2.24) is 15.2 Å². The summed E-state index contributed by atoms with van der Waals surface area (Å²) in [6.07, 6.45) is 2.67. The van der Waals surface area contributed by atoms with Gasteiger partial charge >= 0.3 is 0 Å². The lowest BCUT2D eigenvalue weighted by atomic mass is 10.1. The van der Waals surface area contributed by atoms with E-state index in [0.717, 1.165) is 31.6 Å². The summed E-state index contributed by atoms with van der Waals surface area (Å²) in [5.74, 6) is 1.29. The number of thiazole rings is 1. The summed E-state index contributed by atoms with van der Waals surface area (Å²) in [5, 5.41) is 6.35. The number of carbonyl (C=O) groups is 1. The minimum Gasteiger partial charge on any atom is -0.459 e. The zero-order valence-corrected chi connectivity index (χ0v) is 15.4. The van der Waals surface area contributed by atoms with Gasteiger partial charge < -0.3 is 9.73 Å². The largest absolute Gasteiger partial charge is 0.459 e. The van der Waals surface area contributed by atoms with E-state index in [1.807, 2.05) is 13.0 Å². The summed E-state index contributed by atoms with van der Waals surface area (Å²) in [6.45, 7) is 9.92. The van der Waals surface area contributed by atoms with Gasteiger partial charge in [0.2, 0.25) is 0 Å². The third-order valence-corrected chi connectivity index (χ3v) is 5.36. The third-order valence-electron chi connectivity index (χ3n) is 4.51. The molecule has 0 radical (unpaired) electrons. The van der Waals surface area contributed by atoms with Crippen molar-refractivity contribution in [2.24, 2.45) is 5.92 Å². The molecule has 2 aromatic heterocycles. The molecule has 3 rings (SSSR count). The van der Waals surface area contributed by atoms with Gasteiger partial charge in [0.25, 0.3) is 5.91 Å². The number of aromatic nitrogens is 1. The van der Waals surface area contributed by atoms with Crippen molar-refractivity contribution < 1.29 is 9.21 Å². The highest BCUT2D eigenvalue weighted by atomic mass is 32.1. The van der Waals surface area contributed by atoms with Crippen LogP contribution in [0.5, 0.6) is 0 Å². The molecule has 0 saturated carbocycles. The smallest absolute Gasteiger partial charge is 0.287 e. The Bertz CT molecular complexity index is 692. The highest BCUT2D eigenvalue weighted by Gasteiger charge is 2.24. The van der Waals surface area contributed by atoms with E-state index < -0.39 is 0 Å². The Labute approximate surface area is 147 Å². The van der Waals surface area contributed by atoms with Gasteiger partial charge in [0, 0.05) is 24.0 Å². The number of likely N-dealkylation sites (tertiary alicyclic amines) is 1. The molecule has 1 saturated heterocycles. The third kappa shape index (κ3) is 4.05. The molecule has 0 bridgehead atoms. The van der Waals surface area contributed by atoms with Crippen molar-refractivity contribution in [3.63, 3.8) is 0 Å². The van der Waals surface area contributed by atoms with Crippen molar-refractivity contribution in [2.45, 2.75) is 39.7 Å². The van der Waals surface area contributed by atoms with Crippen molar-refractivity contribution in [3.8, 4) is 0 Å². The van der Waals surface area contributed by atoms with Crippen molar-refractivity contribution >= 4 is 17.2 Å². The maximum Gasteiger partial charge on any atom is 0.287 e. The molecule has 0 unspecified atom stereocenters. The van der Waals surface area contributed by atoms with Gasteiger partial charge in [-0.3, -0.25) is 9.69 Å². The van der Waals surface area contributed by atoms with Gasteiger partial charge in [-0.05, 0) is 37.8 Å². The fraction of sp³-hybridized carbons (Fsp3) is 0.556. The molecular formula is C18H25N3O2S. The first-order valence-corrected chi connectivity index (χ1v) is 9.40. The number of nitrogens with zero attached hydrogens (tertiary/aromatic N) is 2. The van der Waals surface area contributed by atoms with E-state index in [1.165, 1.54) is 10.7 Å². The van der Waals surface area contributed by atoms with E-state index in [9.17, 15) is 4.79 Å². The Morgan fingerprint density at radius 1 is 1.54 bits per heavy atom. The molecule has 0 spiro atoms. The topological polar surface area (TPSA) is 58.4 Å². The predicted molar refractivity (Wildman–Crippen MR) is 95.4 cm³/mol. The minimum atomic E-state index is -0.113. The maximum atomic E-state index is 12.1. The summed E-state index contributed by atoms with van der Waals surface area (Å²) >= 11 is 1.75. The van der Waals surface area contributed by atoms with Gasteiger partial charge in [-0.15, -0.1) is 11.3 Å². The molecule has 1 fully saturated rings. The Hall–Kier alpha value is -1.66. The molecule has 1 aliphatic heterocycles. The summed E-state index contributed by atoms with van der Waals surface area (Å²) in [7, 11) is 0. The molecule has 130 valence electrons. The highest BCUT2D eigenvalue weighted by molar-refractivity contribution is 7.09. The average Bonchev–Trinajstić information content (AvgIpc) is 3.26. The van der Waals surface area contributed by atoms with Crippen molar-refractivity contribution in [2.75, 3.05) is 19.6 Å². The van der Waals surface area contributed by atoms with Crippen molar-refractivity contribution in [1.29, 1.82) is 0 Å². The maximum absolute atomic E-state index is 12.1. The molecule has 24 heavy (non-hydrogen) atoms. The molecule has 1 atom stereocenters. The summed E-state index contributed by atoms with van der Waals surface area (Å²) in [6, 6.07) is 1.81. The normalized spacial score (nSPS) is 18.4. The number of hydrogen-bond donors (Lipinski definition) is 1. The van der Waals surface area contributed by atoms with E-state index >= 15 is 0 Å². The standard InChI is InChI=1S/C18H25N3O2S/c1-12(2)15-11-24-16(20-15)10-21-6-4-14(9-21)8-19-18(22)17-13(3)5-7-23-17/h5,7,11-12,14H,4,6,8-10H2,1-3H3,(H,19,22)/t14-/m1/s1. The lowest BCUT2D eigenvalue weighted by Crippen LogP contribution is -2.31. The lowest BCUT2D eigenvalue weighted by molar-refractivity contribution is 0.0918. The highest BCUT2D eigenvalue weighted by Crippen LogP contribution is 2.22. The van der Waals surface area contributed by atoms with Crippen LogP contribution in [0.15, 0.2) is 22.1 Å². The number of hydrogen-bond acceptors (Lipinski definition) is 5. The average molecular weight is 347 g/mol. The molecule has 3 heterocycles. The number of amides is 1. The van der Waals surface area contributed by atoms with Crippen LogP contribution < -0.4 is 5.32 Å². The number of furan rings is 1. The Balaban J connectivity index is 1.45. The molecule has 1 aliphatic rings. The quantitative estimate of drug-likeness (QED) is 0.870. The molecule has 5 nitrogen and oxygen atoms in total. The van der Waals surface area contributed by atoms with Gasteiger partial charge in [0.1, 0.15) is 5.01 Å². The van der Waals surface area contributed by atoms with Crippen LogP contribution in [-0.4, -0.2) is 35.4 Å². The number of rotatable bonds is 6. The minimum absolute atomic E-state index is 0.113. The van der Waals surface area contributed by atoms with Gasteiger partial charge in [0.15, 0.2) is 5.76 Å². The molecule has 0 aromatic carbocycles. The first-order chi connectivity index (χ1) is 11.5. The molecule has 6 heteroatoms. The Kier molecular flexibility index (Phi) is 5.36. The van der Waals surface area contributed by atoms with Crippen LogP contribution in [0.1, 0.15) is 53.0 Å². The van der Waals surface area contributed by atoms with Gasteiger partial charge in [-0.1, -0.05) is 13.8 Å². The second-order valence-corrected chi connectivity index (χ2v) is 7.80. The number of carbonyl (C=O) groups excluding carboxylic acids is 1. The molecule has 2 aromatic rings. The van der Waals surface area contributed by atoms with Crippen molar-refractivity contribution in [3.05, 3.63) is 39.7 Å². The second-order valence-electron chi connectivity index (χ2n) is 6.85. The van der Waals surface area contributed by atoms with E-state index in [4.69, 9.17) is 9.40 Å². The van der Waals surface area contributed by atoms with Crippen LogP contribution in [0.4, 0.5) is 0 Å². The first-order valence-electron chi connectivity index (χ1n) is 8.52. The van der Waals surface area contributed by atoms with Gasteiger partial charge in [-0.25, -0.2) is 4.98 Å². The molecular weight excluding hydrogens is 322 g/mol.